The average Bonchev–Trinajstić information content (AvgIpc) is 2.39. The average molecular weight is 322 g/mol. The van der Waals surface area contributed by atoms with E-state index in [1.807, 2.05) is 37.3 Å². The minimum atomic E-state index is -0.674. The van der Waals surface area contributed by atoms with Crippen molar-refractivity contribution < 1.29 is 4.39 Å². The van der Waals surface area contributed by atoms with E-state index < -0.39 is 5.54 Å². The number of hydrogen-bond acceptors (Lipinski definition) is 1. The van der Waals surface area contributed by atoms with Gasteiger partial charge in [0.15, 0.2) is 0 Å². The molecule has 1 atom stereocenters. The first-order valence-electron chi connectivity index (χ1n) is 6.33. The van der Waals surface area contributed by atoms with Crippen LogP contribution in [0.2, 0.25) is 0 Å². The highest BCUT2D eigenvalue weighted by Crippen LogP contribution is 2.29. The van der Waals surface area contributed by atoms with Crippen LogP contribution < -0.4 is 5.73 Å². The van der Waals surface area contributed by atoms with E-state index in [-0.39, 0.29) is 5.82 Å². The molecule has 0 fully saturated rings. The van der Waals surface area contributed by atoms with Gasteiger partial charge in [-0.15, -0.1) is 0 Å². The maximum Gasteiger partial charge on any atom is 0.128 e. The Kier molecular flexibility index (Phi) is 4.38. The van der Waals surface area contributed by atoms with Crippen molar-refractivity contribution in [3.63, 3.8) is 0 Å². The fourth-order valence-electron chi connectivity index (χ4n) is 2.29. The first-order valence-corrected chi connectivity index (χ1v) is 7.13. The molecule has 2 aromatic rings. The fraction of sp³-hybridized carbons (Fsp3) is 0.250. The molecule has 2 N–H and O–H groups in total. The molecule has 0 bridgehead atoms. The second-order valence-electron chi connectivity index (χ2n) is 4.80. The van der Waals surface area contributed by atoms with Gasteiger partial charge in [-0.1, -0.05) is 53.2 Å². The third-order valence-corrected chi connectivity index (χ3v) is 3.94. The first kappa shape index (κ1) is 14.2. The van der Waals surface area contributed by atoms with Crippen molar-refractivity contribution >= 4 is 15.9 Å². The molecule has 3 heteroatoms. The molecule has 0 amide bonds. The topological polar surface area (TPSA) is 26.0 Å². The monoisotopic (exact) mass is 321 g/mol. The molecule has 2 aromatic carbocycles. The molecule has 19 heavy (non-hydrogen) atoms. The smallest absolute Gasteiger partial charge is 0.128 e. The molecule has 0 spiro atoms. The molecule has 0 aliphatic carbocycles. The van der Waals surface area contributed by atoms with Crippen LogP contribution in [0.3, 0.4) is 0 Å². The molecule has 0 saturated carbocycles. The van der Waals surface area contributed by atoms with Crippen LogP contribution in [0.4, 0.5) is 4.39 Å². The van der Waals surface area contributed by atoms with Crippen LogP contribution in [0, 0.1) is 5.82 Å². The summed E-state index contributed by atoms with van der Waals surface area (Å²) < 4.78 is 15.0. The molecule has 0 saturated heterocycles. The van der Waals surface area contributed by atoms with Crippen molar-refractivity contribution in [1.29, 1.82) is 0 Å². The minimum Gasteiger partial charge on any atom is -0.321 e. The number of rotatable bonds is 4. The maximum absolute atomic E-state index is 14.0. The summed E-state index contributed by atoms with van der Waals surface area (Å²) in [6.07, 6.45) is 1.30. The third-order valence-electron chi connectivity index (χ3n) is 3.45. The van der Waals surface area contributed by atoms with Gasteiger partial charge < -0.3 is 5.73 Å². The Labute approximate surface area is 121 Å². The number of halogens is 2. The van der Waals surface area contributed by atoms with Gasteiger partial charge in [0.1, 0.15) is 5.82 Å². The number of nitrogens with two attached hydrogens (primary N) is 1. The Morgan fingerprint density at radius 1 is 1.16 bits per heavy atom. The second-order valence-corrected chi connectivity index (χ2v) is 5.71. The van der Waals surface area contributed by atoms with Gasteiger partial charge in [-0.3, -0.25) is 0 Å². The Morgan fingerprint density at radius 3 is 2.53 bits per heavy atom. The lowest BCUT2D eigenvalue weighted by Crippen LogP contribution is -2.39. The number of benzene rings is 2. The fourth-order valence-corrected chi connectivity index (χ4v) is 2.73. The van der Waals surface area contributed by atoms with Gasteiger partial charge in [0.05, 0.1) is 0 Å². The highest BCUT2D eigenvalue weighted by Gasteiger charge is 2.28. The van der Waals surface area contributed by atoms with Crippen LogP contribution in [0.1, 0.15) is 24.5 Å². The van der Waals surface area contributed by atoms with E-state index >= 15 is 0 Å². The van der Waals surface area contributed by atoms with Crippen LogP contribution >= 0.6 is 15.9 Å². The molecule has 1 nitrogen and oxygen atoms in total. The van der Waals surface area contributed by atoms with Crippen LogP contribution in [0.5, 0.6) is 0 Å². The van der Waals surface area contributed by atoms with E-state index in [0.717, 1.165) is 10.0 Å². The Morgan fingerprint density at radius 2 is 1.89 bits per heavy atom. The van der Waals surface area contributed by atoms with E-state index in [1.165, 1.54) is 6.07 Å². The summed E-state index contributed by atoms with van der Waals surface area (Å²) in [6.45, 7) is 1.99. The van der Waals surface area contributed by atoms with Crippen molar-refractivity contribution in [2.24, 2.45) is 5.73 Å². The molecule has 100 valence electrons. The molecule has 0 radical (unpaired) electrons. The highest BCUT2D eigenvalue weighted by molar-refractivity contribution is 9.10. The normalized spacial score (nSPS) is 14.1. The lowest BCUT2D eigenvalue weighted by molar-refractivity contribution is 0.402. The quantitative estimate of drug-likeness (QED) is 0.887. The first-order chi connectivity index (χ1) is 9.05. The SMILES string of the molecule is CCC(N)(Cc1cccc(Br)c1)c1ccccc1F. The molecule has 1 unspecified atom stereocenters. The van der Waals surface area contributed by atoms with Crippen molar-refractivity contribution in [1.82, 2.24) is 0 Å². The zero-order valence-corrected chi connectivity index (χ0v) is 12.5. The summed E-state index contributed by atoms with van der Waals surface area (Å²) in [6, 6.07) is 14.7. The molecular weight excluding hydrogens is 305 g/mol. The summed E-state index contributed by atoms with van der Waals surface area (Å²) in [4.78, 5) is 0. The Bertz CT molecular complexity index is 570. The molecule has 0 heterocycles. The highest BCUT2D eigenvalue weighted by atomic mass is 79.9. The van der Waals surface area contributed by atoms with Crippen LogP contribution in [0.25, 0.3) is 0 Å². The van der Waals surface area contributed by atoms with Gasteiger partial charge >= 0.3 is 0 Å². The van der Waals surface area contributed by atoms with Crippen molar-refractivity contribution in [2.45, 2.75) is 25.3 Å². The molecular formula is C16H17BrFN. The predicted octanol–water partition coefficient (Wildman–Crippen LogP) is 4.39. The predicted molar refractivity (Wildman–Crippen MR) is 80.4 cm³/mol. The molecule has 0 aromatic heterocycles. The molecule has 0 aliphatic heterocycles. The van der Waals surface area contributed by atoms with E-state index in [1.54, 1.807) is 12.1 Å². The third kappa shape index (κ3) is 3.23. The van der Waals surface area contributed by atoms with Gasteiger partial charge in [0, 0.05) is 15.6 Å². The Balaban J connectivity index is 2.36. The van der Waals surface area contributed by atoms with Gasteiger partial charge in [0.25, 0.3) is 0 Å². The minimum absolute atomic E-state index is 0.234. The summed E-state index contributed by atoms with van der Waals surface area (Å²) in [5, 5.41) is 0. The lowest BCUT2D eigenvalue weighted by atomic mass is 9.82. The summed E-state index contributed by atoms with van der Waals surface area (Å²) >= 11 is 3.45. The van der Waals surface area contributed by atoms with Crippen molar-refractivity contribution in [2.75, 3.05) is 0 Å². The van der Waals surface area contributed by atoms with Crippen molar-refractivity contribution in [3.05, 3.63) is 69.9 Å². The zero-order valence-electron chi connectivity index (χ0n) is 10.9. The van der Waals surface area contributed by atoms with E-state index in [0.29, 0.717) is 18.4 Å². The summed E-state index contributed by atoms with van der Waals surface area (Å²) in [5.74, 6) is -0.234. The van der Waals surface area contributed by atoms with Crippen LogP contribution in [-0.2, 0) is 12.0 Å². The molecule has 0 aliphatic rings. The summed E-state index contributed by atoms with van der Waals surface area (Å²) in [7, 11) is 0. The van der Waals surface area contributed by atoms with E-state index in [9.17, 15) is 4.39 Å². The summed E-state index contributed by atoms with van der Waals surface area (Å²) in [5.41, 5.74) is 7.45. The van der Waals surface area contributed by atoms with Gasteiger partial charge in [-0.05, 0) is 36.6 Å². The largest absolute Gasteiger partial charge is 0.321 e. The van der Waals surface area contributed by atoms with Crippen molar-refractivity contribution in [3.8, 4) is 0 Å². The zero-order chi connectivity index (χ0) is 13.9. The van der Waals surface area contributed by atoms with E-state index in [4.69, 9.17) is 5.73 Å². The molecule has 2 rings (SSSR count). The Hall–Kier alpha value is -1.19. The maximum atomic E-state index is 14.0. The number of hydrogen-bond donors (Lipinski definition) is 1. The van der Waals surface area contributed by atoms with Gasteiger partial charge in [-0.2, -0.15) is 0 Å². The van der Waals surface area contributed by atoms with Crippen LogP contribution in [-0.4, -0.2) is 0 Å². The van der Waals surface area contributed by atoms with Gasteiger partial charge in [-0.25, -0.2) is 4.39 Å². The lowest BCUT2D eigenvalue weighted by Gasteiger charge is -2.29. The van der Waals surface area contributed by atoms with Crippen LogP contribution in [0.15, 0.2) is 53.0 Å². The second kappa shape index (κ2) is 5.85. The standard InChI is InChI=1S/C16H17BrFN/c1-2-16(19,14-8-3-4-9-15(14)18)11-12-6-5-7-13(17)10-12/h3-10H,2,11,19H2,1H3. The van der Waals surface area contributed by atoms with Gasteiger partial charge in [0.2, 0.25) is 0 Å². The van der Waals surface area contributed by atoms with E-state index in [2.05, 4.69) is 15.9 Å².